The van der Waals surface area contributed by atoms with Crippen molar-refractivity contribution in [2.75, 3.05) is 11.9 Å². The van der Waals surface area contributed by atoms with Crippen LogP contribution in [0, 0.1) is 17.2 Å². The Morgan fingerprint density at radius 2 is 2.06 bits per heavy atom. The molecule has 1 unspecified atom stereocenters. The molecule has 92 valence electrons. The van der Waals surface area contributed by atoms with E-state index in [4.69, 9.17) is 5.26 Å². The lowest BCUT2D eigenvalue weighted by atomic mass is 9.99. The van der Waals surface area contributed by atoms with Gasteiger partial charge in [0.25, 0.3) is 0 Å². The minimum absolute atomic E-state index is 0.710. The molecule has 1 aromatic rings. The molecular weight excluding hydrogens is 208 g/mol. The smallest absolute Gasteiger partial charge is 0.101 e. The highest BCUT2D eigenvalue weighted by atomic mass is 14.9. The van der Waals surface area contributed by atoms with Crippen LogP contribution in [0.15, 0.2) is 24.3 Å². The fraction of sp³-hybridized carbons (Fsp3) is 0.533. The molecule has 0 heterocycles. The first-order valence-electron chi connectivity index (χ1n) is 6.54. The Morgan fingerprint density at radius 3 is 2.71 bits per heavy atom. The first kappa shape index (κ1) is 13.6. The molecule has 1 atom stereocenters. The Labute approximate surface area is 105 Å². The van der Waals surface area contributed by atoms with Gasteiger partial charge < -0.3 is 5.32 Å². The molecule has 2 heteroatoms. The molecule has 0 spiro atoms. The summed E-state index contributed by atoms with van der Waals surface area (Å²) in [5.74, 6) is 0.710. The largest absolute Gasteiger partial charge is 0.384 e. The van der Waals surface area contributed by atoms with Gasteiger partial charge in [0.05, 0.1) is 11.3 Å². The summed E-state index contributed by atoms with van der Waals surface area (Å²) in [6, 6.07) is 9.92. The van der Waals surface area contributed by atoms with Gasteiger partial charge in [0, 0.05) is 6.54 Å². The quantitative estimate of drug-likeness (QED) is 0.762. The summed E-state index contributed by atoms with van der Waals surface area (Å²) < 4.78 is 0. The number of hydrogen-bond donors (Lipinski definition) is 1. The van der Waals surface area contributed by atoms with Crippen molar-refractivity contribution in [3.05, 3.63) is 29.8 Å². The fourth-order valence-electron chi connectivity index (χ4n) is 1.93. The number of benzene rings is 1. The number of unbranched alkanes of at least 4 members (excludes halogenated alkanes) is 1. The van der Waals surface area contributed by atoms with E-state index in [1.54, 1.807) is 0 Å². The minimum Gasteiger partial charge on any atom is -0.384 e. The summed E-state index contributed by atoms with van der Waals surface area (Å²) in [6.07, 6.45) is 5.02. The van der Waals surface area contributed by atoms with Gasteiger partial charge >= 0.3 is 0 Å². The van der Waals surface area contributed by atoms with Crippen molar-refractivity contribution in [1.82, 2.24) is 0 Å². The number of nitrogens with zero attached hydrogens (tertiary/aromatic N) is 1. The highest BCUT2D eigenvalue weighted by Crippen LogP contribution is 2.17. The van der Waals surface area contributed by atoms with Crippen LogP contribution in [0.2, 0.25) is 0 Å². The maximum atomic E-state index is 8.99. The van der Waals surface area contributed by atoms with Crippen molar-refractivity contribution in [3.8, 4) is 6.07 Å². The number of rotatable bonds is 7. The van der Waals surface area contributed by atoms with Crippen LogP contribution in [0.25, 0.3) is 0 Å². The van der Waals surface area contributed by atoms with Gasteiger partial charge in [-0.15, -0.1) is 0 Å². The molecule has 17 heavy (non-hydrogen) atoms. The Balaban J connectivity index is 2.51. The van der Waals surface area contributed by atoms with Crippen LogP contribution in [0.4, 0.5) is 5.69 Å². The van der Waals surface area contributed by atoms with E-state index in [9.17, 15) is 0 Å². The molecule has 0 aliphatic carbocycles. The standard InChI is InChI=1S/C15H22N2/c1-3-5-8-13(4-2)12-17-15-10-7-6-9-14(15)11-16/h6-7,9-10,13,17H,3-5,8,12H2,1-2H3. The van der Waals surface area contributed by atoms with E-state index in [2.05, 4.69) is 25.2 Å². The Kier molecular flexibility index (Phi) is 6.17. The Hall–Kier alpha value is -1.49. The molecule has 1 aromatic carbocycles. The van der Waals surface area contributed by atoms with E-state index in [-0.39, 0.29) is 0 Å². The zero-order valence-electron chi connectivity index (χ0n) is 10.9. The van der Waals surface area contributed by atoms with Crippen molar-refractivity contribution in [3.63, 3.8) is 0 Å². The zero-order valence-corrected chi connectivity index (χ0v) is 10.9. The van der Waals surface area contributed by atoms with Gasteiger partial charge in [0.1, 0.15) is 6.07 Å². The Bertz CT molecular complexity index is 365. The highest BCUT2D eigenvalue weighted by molar-refractivity contribution is 5.57. The molecule has 0 aliphatic rings. The van der Waals surface area contributed by atoms with Crippen molar-refractivity contribution in [2.24, 2.45) is 5.92 Å². The predicted molar refractivity (Wildman–Crippen MR) is 73.0 cm³/mol. The topological polar surface area (TPSA) is 35.8 Å². The average Bonchev–Trinajstić information content (AvgIpc) is 2.39. The molecular formula is C15H22N2. The molecule has 0 saturated carbocycles. The van der Waals surface area contributed by atoms with E-state index in [1.807, 2.05) is 24.3 Å². The van der Waals surface area contributed by atoms with Gasteiger partial charge in [-0.1, -0.05) is 45.2 Å². The zero-order chi connectivity index (χ0) is 12.5. The third-order valence-electron chi connectivity index (χ3n) is 3.17. The summed E-state index contributed by atoms with van der Waals surface area (Å²) >= 11 is 0. The average molecular weight is 230 g/mol. The van der Waals surface area contributed by atoms with Crippen molar-refractivity contribution in [2.45, 2.75) is 39.5 Å². The van der Waals surface area contributed by atoms with Gasteiger partial charge in [0.15, 0.2) is 0 Å². The number of para-hydroxylation sites is 1. The predicted octanol–water partition coefficient (Wildman–Crippen LogP) is 4.19. The van der Waals surface area contributed by atoms with E-state index < -0.39 is 0 Å². The molecule has 2 nitrogen and oxygen atoms in total. The normalized spacial score (nSPS) is 11.8. The number of hydrogen-bond acceptors (Lipinski definition) is 2. The second-order valence-corrected chi connectivity index (χ2v) is 4.45. The molecule has 0 bridgehead atoms. The fourth-order valence-corrected chi connectivity index (χ4v) is 1.93. The summed E-state index contributed by atoms with van der Waals surface area (Å²) in [5, 5.41) is 12.4. The van der Waals surface area contributed by atoms with Gasteiger partial charge in [-0.25, -0.2) is 0 Å². The highest BCUT2D eigenvalue weighted by Gasteiger charge is 2.06. The van der Waals surface area contributed by atoms with Crippen molar-refractivity contribution < 1.29 is 0 Å². The second-order valence-electron chi connectivity index (χ2n) is 4.45. The van der Waals surface area contributed by atoms with Crippen LogP contribution in [0.1, 0.15) is 45.1 Å². The van der Waals surface area contributed by atoms with E-state index in [0.29, 0.717) is 5.92 Å². The van der Waals surface area contributed by atoms with Gasteiger partial charge in [-0.2, -0.15) is 5.26 Å². The van der Waals surface area contributed by atoms with Gasteiger partial charge in [-0.3, -0.25) is 0 Å². The minimum atomic E-state index is 0.710. The molecule has 0 amide bonds. The van der Waals surface area contributed by atoms with Crippen LogP contribution in [-0.2, 0) is 0 Å². The van der Waals surface area contributed by atoms with Crippen LogP contribution in [-0.4, -0.2) is 6.54 Å². The number of nitriles is 1. The maximum Gasteiger partial charge on any atom is 0.101 e. The third kappa shape index (κ3) is 4.48. The van der Waals surface area contributed by atoms with Crippen LogP contribution in [0.3, 0.4) is 0 Å². The molecule has 1 N–H and O–H groups in total. The lowest BCUT2D eigenvalue weighted by Crippen LogP contribution is -2.14. The number of anilines is 1. The maximum absolute atomic E-state index is 8.99. The third-order valence-corrected chi connectivity index (χ3v) is 3.17. The summed E-state index contributed by atoms with van der Waals surface area (Å²) in [6.45, 7) is 5.43. The van der Waals surface area contributed by atoms with E-state index in [1.165, 1.54) is 25.7 Å². The number of nitrogens with one attached hydrogen (secondary N) is 1. The summed E-state index contributed by atoms with van der Waals surface area (Å²) in [7, 11) is 0. The molecule has 0 fully saturated rings. The lowest BCUT2D eigenvalue weighted by molar-refractivity contribution is 0.473. The summed E-state index contributed by atoms with van der Waals surface area (Å²) in [4.78, 5) is 0. The molecule has 0 aromatic heterocycles. The summed E-state index contributed by atoms with van der Waals surface area (Å²) in [5.41, 5.74) is 1.70. The first-order chi connectivity index (χ1) is 8.31. The monoisotopic (exact) mass is 230 g/mol. The Morgan fingerprint density at radius 1 is 1.29 bits per heavy atom. The molecule has 0 saturated heterocycles. The van der Waals surface area contributed by atoms with Crippen LogP contribution >= 0.6 is 0 Å². The first-order valence-corrected chi connectivity index (χ1v) is 6.54. The molecule has 0 radical (unpaired) electrons. The molecule has 1 rings (SSSR count). The molecule has 0 aliphatic heterocycles. The van der Waals surface area contributed by atoms with Crippen LogP contribution in [0.5, 0.6) is 0 Å². The van der Waals surface area contributed by atoms with E-state index in [0.717, 1.165) is 17.8 Å². The van der Waals surface area contributed by atoms with Gasteiger partial charge in [-0.05, 0) is 24.5 Å². The van der Waals surface area contributed by atoms with Crippen molar-refractivity contribution >= 4 is 5.69 Å². The lowest BCUT2D eigenvalue weighted by Gasteiger charge is -2.16. The SMILES string of the molecule is CCCCC(CC)CNc1ccccc1C#N. The second kappa shape index (κ2) is 7.73. The van der Waals surface area contributed by atoms with E-state index >= 15 is 0 Å². The van der Waals surface area contributed by atoms with Crippen LogP contribution < -0.4 is 5.32 Å². The van der Waals surface area contributed by atoms with Crippen molar-refractivity contribution in [1.29, 1.82) is 5.26 Å². The van der Waals surface area contributed by atoms with Gasteiger partial charge in [0.2, 0.25) is 0 Å².